The van der Waals surface area contributed by atoms with Crippen molar-refractivity contribution in [2.24, 2.45) is 5.92 Å². The van der Waals surface area contributed by atoms with E-state index in [-0.39, 0.29) is 5.91 Å². The van der Waals surface area contributed by atoms with Gasteiger partial charge in [0.05, 0.1) is 5.75 Å². The summed E-state index contributed by atoms with van der Waals surface area (Å²) in [4.78, 5) is 14.8. The van der Waals surface area contributed by atoms with E-state index in [1.54, 1.807) is 11.8 Å². The molecule has 156 valence electrons. The van der Waals surface area contributed by atoms with E-state index < -0.39 is 0 Å². The van der Waals surface area contributed by atoms with E-state index in [9.17, 15) is 4.79 Å². The van der Waals surface area contributed by atoms with Gasteiger partial charge in [-0.15, -0.1) is 10.2 Å². The van der Waals surface area contributed by atoms with Crippen molar-refractivity contribution in [3.05, 3.63) is 29.8 Å². The van der Waals surface area contributed by atoms with Gasteiger partial charge in [-0.2, -0.15) is 0 Å². The Hall–Kier alpha value is -1.82. The van der Waals surface area contributed by atoms with Crippen LogP contribution in [0.5, 0.6) is 0 Å². The molecule has 0 radical (unpaired) electrons. The van der Waals surface area contributed by atoms with Crippen LogP contribution < -0.4 is 0 Å². The Morgan fingerprint density at radius 2 is 1.72 bits per heavy atom. The van der Waals surface area contributed by atoms with Gasteiger partial charge in [0.1, 0.15) is 0 Å². The van der Waals surface area contributed by atoms with E-state index in [0.717, 1.165) is 48.4 Å². The number of rotatable bonds is 5. The lowest BCUT2D eigenvalue weighted by molar-refractivity contribution is -0.129. The first-order chi connectivity index (χ1) is 14.1. The van der Waals surface area contributed by atoms with Gasteiger partial charge in [-0.1, -0.05) is 67.8 Å². The van der Waals surface area contributed by atoms with Crippen LogP contribution in [0.4, 0.5) is 0 Å². The van der Waals surface area contributed by atoms with Crippen LogP contribution in [0.15, 0.2) is 29.4 Å². The number of likely N-dealkylation sites (tertiary alicyclic amines) is 1. The van der Waals surface area contributed by atoms with Crippen molar-refractivity contribution in [1.82, 2.24) is 19.7 Å². The summed E-state index contributed by atoms with van der Waals surface area (Å²) in [6, 6.07) is 8.95. The smallest absolute Gasteiger partial charge is 0.233 e. The van der Waals surface area contributed by atoms with Crippen LogP contribution in [0.1, 0.15) is 63.5 Å². The predicted molar refractivity (Wildman–Crippen MR) is 118 cm³/mol. The van der Waals surface area contributed by atoms with Gasteiger partial charge in [-0.3, -0.25) is 9.36 Å². The Balaban J connectivity index is 1.53. The lowest BCUT2D eigenvalue weighted by Crippen LogP contribution is -2.39. The van der Waals surface area contributed by atoms with E-state index in [0.29, 0.717) is 11.8 Å². The monoisotopic (exact) mass is 412 g/mol. The molecule has 1 aliphatic carbocycles. The number of aryl methyl sites for hydroxylation is 1. The molecule has 0 bridgehead atoms. The molecule has 0 atom stereocenters. The van der Waals surface area contributed by atoms with Crippen LogP contribution in [-0.4, -0.2) is 44.4 Å². The maximum atomic E-state index is 12.7. The lowest BCUT2D eigenvalue weighted by atomic mass is 9.95. The molecule has 2 aromatic rings. The fourth-order valence-electron chi connectivity index (χ4n) is 4.42. The lowest BCUT2D eigenvalue weighted by Gasteiger charge is -2.30. The maximum absolute atomic E-state index is 12.7. The molecule has 4 rings (SSSR count). The summed E-state index contributed by atoms with van der Waals surface area (Å²) >= 11 is 1.56. The Morgan fingerprint density at radius 1 is 1.03 bits per heavy atom. The van der Waals surface area contributed by atoms with E-state index in [2.05, 4.69) is 52.9 Å². The number of amides is 1. The summed E-state index contributed by atoms with van der Waals surface area (Å²) in [5, 5.41) is 9.98. The minimum Gasteiger partial charge on any atom is -0.342 e. The molecule has 6 heteroatoms. The second kappa shape index (κ2) is 9.33. The van der Waals surface area contributed by atoms with Crippen molar-refractivity contribution >= 4 is 17.7 Å². The standard InChI is InChI=1S/C23H32N4OS/c1-17-8-10-19(11-9-17)22-24-25-23(27(22)20-6-4-3-5-7-20)29-16-21(28)26-14-12-18(2)13-15-26/h8-11,18,20H,3-7,12-16H2,1-2H3. The van der Waals surface area contributed by atoms with Crippen LogP contribution in [0.2, 0.25) is 0 Å². The first-order valence-corrected chi connectivity index (χ1v) is 12.0. The molecule has 1 saturated carbocycles. The molecule has 1 saturated heterocycles. The van der Waals surface area contributed by atoms with Crippen LogP contribution in [0, 0.1) is 12.8 Å². The van der Waals surface area contributed by atoms with Gasteiger partial charge in [0.15, 0.2) is 11.0 Å². The molecule has 0 N–H and O–H groups in total. The van der Waals surface area contributed by atoms with Crippen LogP contribution in [-0.2, 0) is 4.79 Å². The number of aromatic nitrogens is 3. The average molecular weight is 413 g/mol. The molecular formula is C23H32N4OS. The zero-order chi connectivity index (χ0) is 20.2. The van der Waals surface area contributed by atoms with Crippen molar-refractivity contribution in [2.75, 3.05) is 18.8 Å². The minimum atomic E-state index is 0.233. The number of piperidine rings is 1. The molecule has 2 aliphatic rings. The van der Waals surface area contributed by atoms with E-state index in [1.807, 2.05) is 4.90 Å². The maximum Gasteiger partial charge on any atom is 0.233 e. The fourth-order valence-corrected chi connectivity index (χ4v) is 5.33. The van der Waals surface area contributed by atoms with Gasteiger partial charge in [-0.05, 0) is 38.5 Å². The van der Waals surface area contributed by atoms with Gasteiger partial charge < -0.3 is 4.90 Å². The third-order valence-electron chi connectivity index (χ3n) is 6.38. The number of nitrogens with zero attached hydrogens (tertiary/aromatic N) is 4. The van der Waals surface area contributed by atoms with Crippen molar-refractivity contribution in [1.29, 1.82) is 0 Å². The number of hydrogen-bond donors (Lipinski definition) is 0. The zero-order valence-corrected chi connectivity index (χ0v) is 18.5. The molecule has 0 spiro atoms. The van der Waals surface area contributed by atoms with Crippen molar-refractivity contribution in [2.45, 2.75) is 70.0 Å². The molecular weight excluding hydrogens is 380 g/mol. The van der Waals surface area contributed by atoms with Gasteiger partial charge in [-0.25, -0.2) is 0 Å². The zero-order valence-electron chi connectivity index (χ0n) is 17.6. The highest BCUT2D eigenvalue weighted by Gasteiger charge is 2.25. The molecule has 0 unspecified atom stereocenters. The molecule has 1 amide bonds. The predicted octanol–water partition coefficient (Wildman–Crippen LogP) is 5.11. The first-order valence-electron chi connectivity index (χ1n) is 11.0. The Bertz CT molecular complexity index is 818. The number of thioether (sulfide) groups is 1. The Kier molecular flexibility index (Phi) is 6.58. The largest absolute Gasteiger partial charge is 0.342 e. The van der Waals surface area contributed by atoms with E-state index in [4.69, 9.17) is 0 Å². The highest BCUT2D eigenvalue weighted by atomic mass is 32.2. The summed E-state index contributed by atoms with van der Waals surface area (Å²) in [5.41, 5.74) is 2.35. The summed E-state index contributed by atoms with van der Waals surface area (Å²) in [6.07, 6.45) is 8.40. The normalized spacial score (nSPS) is 18.9. The van der Waals surface area contributed by atoms with Crippen LogP contribution in [0.3, 0.4) is 0 Å². The summed E-state index contributed by atoms with van der Waals surface area (Å²) < 4.78 is 2.32. The molecule has 2 heterocycles. The summed E-state index contributed by atoms with van der Waals surface area (Å²) in [6.45, 7) is 6.16. The molecule has 5 nitrogen and oxygen atoms in total. The molecule has 1 aromatic heterocycles. The molecule has 29 heavy (non-hydrogen) atoms. The molecule has 1 aromatic carbocycles. The van der Waals surface area contributed by atoms with Crippen molar-refractivity contribution in [3.8, 4) is 11.4 Å². The van der Waals surface area contributed by atoms with E-state index >= 15 is 0 Å². The Morgan fingerprint density at radius 3 is 2.41 bits per heavy atom. The topological polar surface area (TPSA) is 51.0 Å². The second-order valence-corrected chi connectivity index (χ2v) is 9.63. The third-order valence-corrected chi connectivity index (χ3v) is 7.30. The van der Waals surface area contributed by atoms with Crippen molar-refractivity contribution in [3.63, 3.8) is 0 Å². The third kappa shape index (κ3) is 4.85. The number of benzene rings is 1. The van der Waals surface area contributed by atoms with Crippen LogP contribution in [0.25, 0.3) is 11.4 Å². The number of hydrogen-bond acceptors (Lipinski definition) is 4. The van der Waals surface area contributed by atoms with Crippen molar-refractivity contribution < 1.29 is 4.79 Å². The first kappa shape index (κ1) is 20.5. The quantitative estimate of drug-likeness (QED) is 0.641. The summed E-state index contributed by atoms with van der Waals surface area (Å²) in [5.74, 6) is 2.36. The molecule has 2 fully saturated rings. The fraction of sp³-hybridized carbons (Fsp3) is 0.609. The van der Waals surface area contributed by atoms with E-state index in [1.165, 1.54) is 37.7 Å². The number of carbonyl (C=O) groups is 1. The SMILES string of the molecule is Cc1ccc(-c2nnc(SCC(=O)N3CCC(C)CC3)n2C2CCCCC2)cc1. The van der Waals surface area contributed by atoms with Gasteiger partial charge in [0.2, 0.25) is 5.91 Å². The summed E-state index contributed by atoms with van der Waals surface area (Å²) in [7, 11) is 0. The second-order valence-electron chi connectivity index (χ2n) is 8.69. The highest BCUT2D eigenvalue weighted by molar-refractivity contribution is 7.99. The van der Waals surface area contributed by atoms with Gasteiger partial charge in [0.25, 0.3) is 0 Å². The van der Waals surface area contributed by atoms with Gasteiger partial charge in [0, 0.05) is 24.7 Å². The minimum absolute atomic E-state index is 0.233. The average Bonchev–Trinajstić information content (AvgIpc) is 3.17. The number of carbonyl (C=O) groups excluding carboxylic acids is 1. The van der Waals surface area contributed by atoms with Gasteiger partial charge >= 0.3 is 0 Å². The highest BCUT2D eigenvalue weighted by Crippen LogP contribution is 2.35. The van der Waals surface area contributed by atoms with Crippen LogP contribution >= 0.6 is 11.8 Å². The Labute approximate surface area is 178 Å². The molecule has 1 aliphatic heterocycles.